The summed E-state index contributed by atoms with van der Waals surface area (Å²) in [5.74, 6) is -1.25. The van der Waals surface area contributed by atoms with Crippen LogP contribution in [0.25, 0.3) is 10.2 Å². The molecule has 1 aromatic heterocycles. The lowest BCUT2D eigenvalue weighted by atomic mass is 10.1. The molecule has 1 heterocycles. The smallest absolute Gasteiger partial charge is 0.321 e. The molecule has 10 heteroatoms. The second-order valence-corrected chi connectivity index (χ2v) is 7.23. The van der Waals surface area contributed by atoms with Gasteiger partial charge < -0.3 is 16.2 Å². The molecule has 2 rings (SSSR count). The molecule has 138 valence electrons. The van der Waals surface area contributed by atoms with Gasteiger partial charge in [-0.15, -0.1) is 0 Å². The molecule has 0 aliphatic carbocycles. The highest BCUT2D eigenvalue weighted by Crippen LogP contribution is 2.30. The van der Waals surface area contributed by atoms with E-state index in [2.05, 4.69) is 31.5 Å². The Kier molecular flexibility index (Phi) is 8.20. The van der Waals surface area contributed by atoms with Gasteiger partial charge in [0.1, 0.15) is 11.9 Å². The minimum absolute atomic E-state index is 0.0208. The molecule has 2 aromatic rings. The lowest BCUT2D eigenvalue weighted by molar-refractivity contribution is -0.139. The Morgan fingerprint density at radius 2 is 2.08 bits per heavy atom. The average Bonchev–Trinajstić information content (AvgIpc) is 2.88. The summed E-state index contributed by atoms with van der Waals surface area (Å²) in [4.78, 5) is 25.5. The first kappa shape index (κ1) is 21.3. The van der Waals surface area contributed by atoms with Crippen LogP contribution in [0.2, 0.25) is 0 Å². The maximum Gasteiger partial charge on any atom is 0.321 e. The Morgan fingerprint density at radius 1 is 1.44 bits per heavy atom. The van der Waals surface area contributed by atoms with Crippen molar-refractivity contribution in [1.82, 2.24) is 10.3 Å². The number of carbonyl (C=O) groups excluding carboxylic acids is 1. The first-order valence-electron chi connectivity index (χ1n) is 7.44. The van der Waals surface area contributed by atoms with Gasteiger partial charge >= 0.3 is 12.0 Å². The minimum atomic E-state index is -0.931. The Hall–Kier alpha value is -1.78. The maximum absolute atomic E-state index is 13.3. The van der Waals surface area contributed by atoms with E-state index in [0.717, 1.165) is 0 Å². The van der Waals surface area contributed by atoms with Crippen LogP contribution in [0.1, 0.15) is 20.8 Å². The number of nitrogens with zero attached hydrogens (tertiary/aromatic N) is 1. The minimum Gasteiger partial charge on any atom is -0.480 e. The number of nitrogens with one attached hydrogen (secondary N) is 2. The van der Waals surface area contributed by atoms with E-state index < -0.39 is 12.0 Å². The number of urea groups is 1. The van der Waals surface area contributed by atoms with Crippen LogP contribution < -0.4 is 16.4 Å². The van der Waals surface area contributed by atoms with Crippen LogP contribution >= 0.6 is 27.3 Å². The van der Waals surface area contributed by atoms with Crippen molar-refractivity contribution in [2.45, 2.75) is 26.8 Å². The van der Waals surface area contributed by atoms with E-state index in [1.54, 1.807) is 19.9 Å². The van der Waals surface area contributed by atoms with Crippen LogP contribution in [0.3, 0.4) is 0 Å². The molecule has 0 aliphatic rings. The summed E-state index contributed by atoms with van der Waals surface area (Å²) >= 11 is 4.32. The molecule has 0 bridgehead atoms. The number of nitrogens with two attached hydrogens (primary N) is 1. The van der Waals surface area contributed by atoms with Crippen molar-refractivity contribution in [2.24, 2.45) is 11.7 Å². The van der Waals surface area contributed by atoms with E-state index in [-0.39, 0.29) is 17.8 Å². The Morgan fingerprint density at radius 3 is 2.56 bits per heavy atom. The van der Waals surface area contributed by atoms with Crippen molar-refractivity contribution < 1.29 is 19.1 Å². The first-order chi connectivity index (χ1) is 11.6. The van der Waals surface area contributed by atoms with Gasteiger partial charge in [-0.2, -0.15) is 0 Å². The van der Waals surface area contributed by atoms with Crippen LogP contribution in [0, 0.1) is 11.7 Å². The number of rotatable bonds is 4. The largest absolute Gasteiger partial charge is 0.480 e. The molecule has 25 heavy (non-hydrogen) atoms. The molecule has 0 radical (unpaired) electrons. The number of carboxylic acid groups (broad SMARTS) is 1. The van der Waals surface area contributed by atoms with E-state index in [4.69, 9.17) is 10.8 Å². The molecule has 0 fully saturated rings. The van der Waals surface area contributed by atoms with Gasteiger partial charge in [0.2, 0.25) is 0 Å². The van der Waals surface area contributed by atoms with Gasteiger partial charge in [-0.25, -0.2) is 14.2 Å². The number of fused-ring (bicyclic) bond motifs is 1. The molecule has 0 aliphatic heterocycles. The summed E-state index contributed by atoms with van der Waals surface area (Å²) in [5, 5.41) is 13.9. The highest BCUT2D eigenvalue weighted by Gasteiger charge is 2.14. The molecule has 2 amide bonds. The molecular formula is C15H20BrFN4O3S. The molecule has 1 aromatic carbocycles. The van der Waals surface area contributed by atoms with E-state index in [1.807, 2.05) is 6.92 Å². The number of amides is 2. The van der Waals surface area contributed by atoms with Gasteiger partial charge in [0.25, 0.3) is 0 Å². The summed E-state index contributed by atoms with van der Waals surface area (Å²) in [6.45, 7) is 5.92. The van der Waals surface area contributed by atoms with E-state index >= 15 is 0 Å². The zero-order valence-electron chi connectivity index (χ0n) is 14.0. The van der Waals surface area contributed by atoms with Crippen LogP contribution in [0.5, 0.6) is 0 Å². The zero-order chi connectivity index (χ0) is 19.1. The number of halogens is 2. The molecule has 0 unspecified atom stereocenters. The van der Waals surface area contributed by atoms with Crippen LogP contribution in [0.15, 0.2) is 16.6 Å². The number of benzene rings is 1. The number of hydrogen-bond acceptors (Lipinski definition) is 5. The Labute approximate surface area is 156 Å². The van der Waals surface area contributed by atoms with Crippen LogP contribution in [0.4, 0.5) is 14.3 Å². The van der Waals surface area contributed by atoms with Gasteiger partial charge in [0.15, 0.2) is 5.13 Å². The van der Waals surface area contributed by atoms with Gasteiger partial charge in [-0.3, -0.25) is 10.1 Å². The number of hydrogen-bond donors (Lipinski definition) is 4. The maximum atomic E-state index is 13.3. The van der Waals surface area contributed by atoms with Crippen molar-refractivity contribution in [2.75, 3.05) is 11.9 Å². The zero-order valence-corrected chi connectivity index (χ0v) is 16.4. The fourth-order valence-corrected chi connectivity index (χ4v) is 2.76. The van der Waals surface area contributed by atoms with E-state index in [9.17, 15) is 14.0 Å². The SMILES string of the molecule is CC(C)[C@H](N)C(=O)O.CCNC(=O)Nc1nc2cc(Br)c(F)cc2s1. The molecule has 0 saturated heterocycles. The third-order valence-electron chi connectivity index (χ3n) is 2.99. The summed E-state index contributed by atoms with van der Waals surface area (Å²) in [7, 11) is 0. The predicted octanol–water partition coefficient (Wildman–Crippen LogP) is 3.39. The molecule has 7 nitrogen and oxygen atoms in total. The summed E-state index contributed by atoms with van der Waals surface area (Å²) in [5.41, 5.74) is 5.81. The quantitative estimate of drug-likeness (QED) is 0.587. The van der Waals surface area contributed by atoms with Crippen LogP contribution in [-0.4, -0.2) is 34.7 Å². The Balaban J connectivity index is 0.000000333. The number of aliphatic carboxylic acids is 1. The number of thiazole rings is 1. The second-order valence-electron chi connectivity index (χ2n) is 5.35. The highest BCUT2D eigenvalue weighted by molar-refractivity contribution is 9.10. The highest BCUT2D eigenvalue weighted by atomic mass is 79.9. The molecular weight excluding hydrogens is 415 g/mol. The summed E-state index contributed by atoms with van der Waals surface area (Å²) in [6.07, 6.45) is 0. The fourth-order valence-electron chi connectivity index (χ4n) is 1.56. The lowest BCUT2D eigenvalue weighted by Crippen LogP contribution is -2.34. The second kappa shape index (κ2) is 9.64. The van der Waals surface area contributed by atoms with E-state index in [1.165, 1.54) is 17.4 Å². The number of aromatic nitrogens is 1. The van der Waals surface area contributed by atoms with E-state index in [0.29, 0.717) is 26.4 Å². The molecule has 0 spiro atoms. The summed E-state index contributed by atoms with van der Waals surface area (Å²) < 4.78 is 14.3. The summed E-state index contributed by atoms with van der Waals surface area (Å²) in [6, 6.07) is 1.95. The van der Waals surface area contributed by atoms with Crippen LogP contribution in [-0.2, 0) is 4.79 Å². The first-order valence-corrected chi connectivity index (χ1v) is 9.05. The van der Waals surface area contributed by atoms with Gasteiger partial charge in [0.05, 0.1) is 14.7 Å². The van der Waals surface area contributed by atoms with Crippen molar-refractivity contribution in [3.63, 3.8) is 0 Å². The molecule has 5 N–H and O–H groups in total. The third kappa shape index (κ3) is 6.56. The Bertz CT molecular complexity index is 715. The topological polar surface area (TPSA) is 117 Å². The van der Waals surface area contributed by atoms with Crippen molar-refractivity contribution in [1.29, 1.82) is 0 Å². The fraction of sp³-hybridized carbons (Fsp3) is 0.400. The standard InChI is InChI=1S/C10H9BrFN3OS.C5H11NO2/c1-2-13-9(16)15-10-14-7-3-5(11)6(12)4-8(7)17-10;1-3(2)4(6)5(7)8/h3-4H,2H2,1H3,(H2,13,14,15,16);3-4H,6H2,1-2H3,(H,7,8)/t;4-/m.0/s1. The monoisotopic (exact) mass is 434 g/mol. The van der Waals surface area contributed by atoms with Gasteiger partial charge in [-0.1, -0.05) is 25.2 Å². The molecule has 1 atom stereocenters. The lowest BCUT2D eigenvalue weighted by Gasteiger charge is -2.07. The third-order valence-corrected chi connectivity index (χ3v) is 4.53. The number of carbonyl (C=O) groups is 2. The van der Waals surface area contributed by atoms with Gasteiger partial charge in [-0.05, 0) is 40.9 Å². The van der Waals surface area contributed by atoms with Gasteiger partial charge in [0, 0.05) is 6.54 Å². The molecule has 0 saturated carbocycles. The number of anilines is 1. The normalized spacial score (nSPS) is 11.6. The average molecular weight is 435 g/mol. The van der Waals surface area contributed by atoms with Crippen molar-refractivity contribution in [3.8, 4) is 0 Å². The number of carboxylic acids is 1. The predicted molar refractivity (Wildman–Crippen MR) is 100 cm³/mol. The van der Waals surface area contributed by atoms with Crippen molar-refractivity contribution in [3.05, 3.63) is 22.4 Å². The van der Waals surface area contributed by atoms with Crippen molar-refractivity contribution >= 4 is 54.6 Å².